The van der Waals surface area contributed by atoms with E-state index in [1.54, 1.807) is 0 Å². The molecule has 0 bridgehead atoms. The molecule has 0 unspecified atom stereocenters. The van der Waals surface area contributed by atoms with E-state index in [2.05, 4.69) is 74.5 Å². The fraction of sp³-hybridized carbons (Fsp3) is 0.333. The van der Waals surface area contributed by atoms with Gasteiger partial charge in [0.1, 0.15) is 5.82 Å². The van der Waals surface area contributed by atoms with Crippen molar-refractivity contribution in [3.63, 3.8) is 0 Å². The van der Waals surface area contributed by atoms with Crippen molar-refractivity contribution in [1.29, 1.82) is 0 Å². The van der Waals surface area contributed by atoms with Gasteiger partial charge in [-0.05, 0) is 81.3 Å². The minimum atomic E-state index is 0.484. The number of fused-ring (bicyclic) bond motifs is 1. The maximum atomic E-state index is 4.86. The molecule has 2 N–H and O–H groups in total. The van der Waals surface area contributed by atoms with E-state index in [1.165, 1.54) is 17.7 Å². The first-order chi connectivity index (χ1) is 17.1. The third kappa shape index (κ3) is 5.02. The highest BCUT2D eigenvalue weighted by Gasteiger charge is 2.20. The molecule has 1 saturated heterocycles. The number of nitrogens with one attached hydrogen (secondary N) is 2. The summed E-state index contributed by atoms with van der Waals surface area (Å²) in [5.41, 5.74) is 7.89. The van der Waals surface area contributed by atoms with Gasteiger partial charge in [-0.3, -0.25) is 4.98 Å². The maximum Gasteiger partial charge on any atom is 0.246 e. The second kappa shape index (κ2) is 10.2. The van der Waals surface area contributed by atoms with Crippen LogP contribution in [-0.4, -0.2) is 57.4 Å². The number of aromatic nitrogens is 4. The smallest absolute Gasteiger partial charge is 0.246 e. The lowest BCUT2D eigenvalue weighted by atomic mass is 10.0. The molecule has 1 aliphatic heterocycles. The van der Waals surface area contributed by atoms with Crippen LogP contribution >= 0.6 is 0 Å². The monoisotopic (exact) mass is 468 g/mol. The van der Waals surface area contributed by atoms with Gasteiger partial charge in [-0.2, -0.15) is 0 Å². The van der Waals surface area contributed by atoms with Crippen LogP contribution in [0, 0.1) is 6.92 Å². The van der Waals surface area contributed by atoms with E-state index in [4.69, 9.17) is 5.10 Å². The Labute approximate surface area is 206 Å². The van der Waals surface area contributed by atoms with Crippen LogP contribution in [0.25, 0.3) is 22.2 Å². The summed E-state index contributed by atoms with van der Waals surface area (Å²) in [4.78, 5) is 15.5. The van der Waals surface area contributed by atoms with E-state index < -0.39 is 0 Å². The Bertz CT molecular complexity index is 1320. The van der Waals surface area contributed by atoms with E-state index in [-0.39, 0.29) is 0 Å². The lowest BCUT2D eigenvalue weighted by molar-refractivity contribution is 0.300. The maximum absolute atomic E-state index is 4.86. The normalized spacial score (nSPS) is 17.1. The van der Waals surface area contributed by atoms with Crippen molar-refractivity contribution in [2.45, 2.75) is 33.1 Å². The third-order valence-electron chi connectivity index (χ3n) is 6.58. The Balaban J connectivity index is 1.48. The molecule has 5 rings (SSSR count). The zero-order valence-corrected chi connectivity index (χ0v) is 20.5. The van der Waals surface area contributed by atoms with Gasteiger partial charge in [0.2, 0.25) is 5.95 Å². The predicted molar refractivity (Wildman–Crippen MR) is 142 cm³/mol. The molecule has 1 fully saturated rings. The van der Waals surface area contributed by atoms with Gasteiger partial charge in [-0.1, -0.05) is 6.08 Å². The average molecular weight is 469 g/mol. The number of anilines is 1. The highest BCUT2D eigenvalue weighted by Crippen LogP contribution is 2.37. The van der Waals surface area contributed by atoms with Crippen LogP contribution in [0.15, 0.2) is 65.3 Å². The van der Waals surface area contributed by atoms with E-state index in [9.17, 15) is 0 Å². The molecule has 8 heteroatoms. The lowest BCUT2D eigenvalue weighted by Gasteiger charge is -2.29. The zero-order valence-electron chi connectivity index (χ0n) is 20.5. The molecule has 2 aliphatic rings. The predicted octanol–water partition coefficient (Wildman–Crippen LogP) is 4.43. The first kappa shape index (κ1) is 23.0. The molecule has 0 radical (unpaired) electrons. The second-order valence-corrected chi connectivity index (χ2v) is 9.01. The van der Waals surface area contributed by atoms with Crippen molar-refractivity contribution < 1.29 is 0 Å². The van der Waals surface area contributed by atoms with Crippen LogP contribution in [0.1, 0.15) is 37.6 Å². The Morgan fingerprint density at radius 1 is 1.20 bits per heavy atom. The highest BCUT2D eigenvalue weighted by molar-refractivity contribution is 5.85. The SMILES string of the molecule is C=N/C(=C\C=C(/C)N1CCNCC1)Nc1ncc2cc(-c3ccnc(C)c3)c(C3=CCCC3)n2n1. The molecule has 0 spiro atoms. The number of hydrogen-bond acceptors (Lipinski definition) is 7. The number of aryl methyl sites for hydroxylation is 1. The Morgan fingerprint density at radius 3 is 2.80 bits per heavy atom. The van der Waals surface area contributed by atoms with Crippen molar-refractivity contribution in [3.05, 3.63) is 71.7 Å². The van der Waals surface area contributed by atoms with Gasteiger partial charge in [-0.25, -0.2) is 14.5 Å². The summed E-state index contributed by atoms with van der Waals surface area (Å²) in [6.45, 7) is 11.9. The molecule has 4 heterocycles. The van der Waals surface area contributed by atoms with Crippen LogP contribution in [0.3, 0.4) is 0 Å². The number of pyridine rings is 1. The minimum absolute atomic E-state index is 0.484. The van der Waals surface area contributed by atoms with Crippen molar-refractivity contribution in [3.8, 4) is 11.1 Å². The molecule has 0 aromatic carbocycles. The summed E-state index contributed by atoms with van der Waals surface area (Å²) in [5.74, 6) is 1.09. The van der Waals surface area contributed by atoms with Crippen LogP contribution in [0.4, 0.5) is 5.95 Å². The average Bonchev–Trinajstić information content (AvgIpc) is 3.54. The molecule has 0 saturated carbocycles. The summed E-state index contributed by atoms with van der Waals surface area (Å²) < 4.78 is 2.00. The van der Waals surface area contributed by atoms with Gasteiger partial charge in [0.05, 0.1) is 17.4 Å². The van der Waals surface area contributed by atoms with Gasteiger partial charge >= 0.3 is 0 Å². The largest absolute Gasteiger partial charge is 0.372 e. The van der Waals surface area contributed by atoms with Gasteiger partial charge in [0.25, 0.3) is 0 Å². The number of allylic oxidation sites excluding steroid dienone is 5. The summed E-state index contributed by atoms with van der Waals surface area (Å²) in [5, 5.41) is 11.5. The molecular weight excluding hydrogens is 436 g/mol. The quantitative estimate of drug-likeness (QED) is 0.394. The molecule has 8 nitrogen and oxygen atoms in total. The fourth-order valence-electron chi connectivity index (χ4n) is 4.72. The summed E-state index contributed by atoms with van der Waals surface area (Å²) >= 11 is 0. The van der Waals surface area contributed by atoms with Gasteiger partial charge in [-0.15, -0.1) is 5.10 Å². The molecule has 180 valence electrons. The lowest BCUT2D eigenvalue weighted by Crippen LogP contribution is -2.42. The van der Waals surface area contributed by atoms with Crippen LogP contribution in [0.2, 0.25) is 0 Å². The minimum Gasteiger partial charge on any atom is -0.372 e. The standard InChI is InChI=1S/C27H32N8/c1-19-16-22(10-11-30-19)24-17-23-18-31-27(33-35(23)26(24)21-6-4-5-7-21)32-25(28-3)9-8-20(2)34-14-12-29-13-15-34/h6,8-11,16-18,29H,3-5,7,12-15H2,1-2H3,(H,32,33)/b20-8+,25-9+. The topological polar surface area (TPSA) is 82.7 Å². The summed E-state index contributed by atoms with van der Waals surface area (Å²) in [6, 6.07) is 6.34. The van der Waals surface area contributed by atoms with Gasteiger partial charge in [0, 0.05) is 49.3 Å². The molecular formula is C27H32N8. The second-order valence-electron chi connectivity index (χ2n) is 9.01. The zero-order chi connectivity index (χ0) is 24.2. The van der Waals surface area contributed by atoms with Gasteiger partial charge < -0.3 is 15.5 Å². The van der Waals surface area contributed by atoms with Gasteiger partial charge in [0.15, 0.2) is 0 Å². The molecule has 0 amide bonds. The van der Waals surface area contributed by atoms with E-state index >= 15 is 0 Å². The summed E-state index contributed by atoms with van der Waals surface area (Å²) in [6.07, 6.45) is 13.4. The molecule has 1 aliphatic carbocycles. The van der Waals surface area contributed by atoms with Crippen molar-refractivity contribution in [2.24, 2.45) is 4.99 Å². The number of nitrogens with zero attached hydrogens (tertiary/aromatic N) is 6. The van der Waals surface area contributed by atoms with Crippen LogP contribution in [0.5, 0.6) is 0 Å². The van der Waals surface area contributed by atoms with Crippen molar-refractivity contribution in [2.75, 3.05) is 31.5 Å². The molecule has 35 heavy (non-hydrogen) atoms. The Kier molecular flexibility index (Phi) is 6.72. The van der Waals surface area contributed by atoms with Crippen LogP contribution in [-0.2, 0) is 0 Å². The first-order valence-electron chi connectivity index (χ1n) is 12.2. The highest BCUT2D eigenvalue weighted by atomic mass is 15.3. The molecule has 0 atom stereocenters. The fourth-order valence-corrected chi connectivity index (χ4v) is 4.72. The number of aliphatic imine (C=N–C) groups is 1. The third-order valence-corrected chi connectivity index (χ3v) is 6.58. The Hall–Kier alpha value is -3.78. The van der Waals surface area contributed by atoms with Crippen LogP contribution < -0.4 is 10.6 Å². The molecule has 3 aromatic heterocycles. The first-order valence-corrected chi connectivity index (χ1v) is 12.2. The van der Waals surface area contributed by atoms with E-state index in [1.807, 2.05) is 29.9 Å². The van der Waals surface area contributed by atoms with E-state index in [0.29, 0.717) is 11.8 Å². The van der Waals surface area contributed by atoms with Crippen molar-refractivity contribution in [1.82, 2.24) is 29.8 Å². The Morgan fingerprint density at radius 2 is 2.06 bits per heavy atom. The van der Waals surface area contributed by atoms with Crippen molar-refractivity contribution >= 4 is 23.8 Å². The molecule has 3 aromatic rings. The number of hydrogen-bond donors (Lipinski definition) is 2. The van der Waals surface area contributed by atoms with E-state index in [0.717, 1.165) is 67.1 Å². The summed E-state index contributed by atoms with van der Waals surface area (Å²) in [7, 11) is 0. The number of rotatable bonds is 7. The number of piperazine rings is 1.